The molecule has 1 N–H and O–H groups in total. The summed E-state index contributed by atoms with van der Waals surface area (Å²) in [6, 6.07) is 3.63. The molecule has 0 spiro atoms. The average Bonchev–Trinajstić information content (AvgIpc) is 3.01. The number of carbonyl (C=O) groups excluding carboxylic acids is 2. The van der Waals surface area contributed by atoms with E-state index >= 15 is 0 Å². The van der Waals surface area contributed by atoms with Gasteiger partial charge in [0.15, 0.2) is 0 Å². The van der Waals surface area contributed by atoms with Crippen LogP contribution in [0.15, 0.2) is 17.5 Å². The lowest BCUT2D eigenvalue weighted by Crippen LogP contribution is -2.50. The van der Waals surface area contributed by atoms with Crippen molar-refractivity contribution in [1.82, 2.24) is 10.2 Å². The normalized spacial score (nSPS) is 18.4. The van der Waals surface area contributed by atoms with Gasteiger partial charge in [0.1, 0.15) is 6.04 Å². The molecule has 2 heterocycles. The molecule has 1 aromatic heterocycles. The van der Waals surface area contributed by atoms with Crippen molar-refractivity contribution in [2.45, 2.75) is 45.7 Å². The van der Waals surface area contributed by atoms with Gasteiger partial charge in [-0.3, -0.25) is 9.59 Å². The monoisotopic (exact) mass is 294 g/mol. The fourth-order valence-electron chi connectivity index (χ4n) is 2.67. The largest absolute Gasteiger partial charge is 0.347 e. The second kappa shape index (κ2) is 6.39. The van der Waals surface area contributed by atoms with Gasteiger partial charge in [0, 0.05) is 17.8 Å². The summed E-state index contributed by atoms with van der Waals surface area (Å²) in [6.45, 7) is 6.66. The molecule has 2 atom stereocenters. The molecule has 2 rings (SSSR count). The fourth-order valence-corrected chi connectivity index (χ4v) is 3.41. The first-order valence-electron chi connectivity index (χ1n) is 7.14. The van der Waals surface area contributed by atoms with Crippen LogP contribution in [-0.2, 0) is 9.59 Å². The third-order valence-electron chi connectivity index (χ3n) is 3.67. The molecule has 110 valence electrons. The summed E-state index contributed by atoms with van der Waals surface area (Å²) in [5.74, 6) is 0.173. The van der Waals surface area contributed by atoms with Crippen molar-refractivity contribution < 1.29 is 9.59 Å². The van der Waals surface area contributed by atoms with Crippen molar-refractivity contribution in [3.05, 3.63) is 22.4 Å². The van der Waals surface area contributed by atoms with E-state index < -0.39 is 0 Å². The van der Waals surface area contributed by atoms with Crippen LogP contribution in [0.3, 0.4) is 0 Å². The van der Waals surface area contributed by atoms with Gasteiger partial charge < -0.3 is 10.2 Å². The molecule has 2 amide bonds. The van der Waals surface area contributed by atoms with Gasteiger partial charge in [-0.15, -0.1) is 11.3 Å². The van der Waals surface area contributed by atoms with Crippen LogP contribution in [0.2, 0.25) is 0 Å². The van der Waals surface area contributed by atoms with Gasteiger partial charge in [-0.25, -0.2) is 0 Å². The van der Waals surface area contributed by atoms with Crippen LogP contribution in [0.25, 0.3) is 0 Å². The Hall–Kier alpha value is -1.36. The highest BCUT2D eigenvalue weighted by molar-refractivity contribution is 7.10. The molecule has 4 nitrogen and oxygen atoms in total. The molecule has 0 aliphatic carbocycles. The zero-order valence-corrected chi connectivity index (χ0v) is 13.1. The molecule has 1 aromatic rings. The van der Waals surface area contributed by atoms with E-state index in [2.05, 4.69) is 5.32 Å². The Labute approximate surface area is 124 Å². The predicted molar refractivity (Wildman–Crippen MR) is 80.4 cm³/mol. The van der Waals surface area contributed by atoms with Crippen LogP contribution in [0.5, 0.6) is 0 Å². The summed E-state index contributed by atoms with van der Waals surface area (Å²) in [6.07, 6.45) is 1.42. The lowest BCUT2D eigenvalue weighted by Gasteiger charge is -2.30. The molecule has 0 aromatic carbocycles. The van der Waals surface area contributed by atoms with E-state index in [0.717, 1.165) is 11.3 Å². The molecule has 2 unspecified atom stereocenters. The molecule has 5 heteroatoms. The van der Waals surface area contributed by atoms with Crippen LogP contribution in [-0.4, -0.2) is 29.3 Å². The number of rotatable bonds is 5. The minimum absolute atomic E-state index is 0.0125. The lowest BCUT2D eigenvalue weighted by atomic mass is 10.0. The highest BCUT2D eigenvalue weighted by Crippen LogP contribution is 2.22. The Morgan fingerprint density at radius 3 is 2.65 bits per heavy atom. The molecule has 0 bridgehead atoms. The van der Waals surface area contributed by atoms with Crippen molar-refractivity contribution in [1.29, 1.82) is 0 Å². The van der Waals surface area contributed by atoms with E-state index in [0.29, 0.717) is 13.0 Å². The number of nitrogens with one attached hydrogen (secondary N) is 1. The summed E-state index contributed by atoms with van der Waals surface area (Å²) >= 11 is 1.63. The number of thiophene rings is 1. The topological polar surface area (TPSA) is 49.4 Å². The van der Waals surface area contributed by atoms with E-state index in [1.54, 1.807) is 16.2 Å². The van der Waals surface area contributed by atoms with Crippen LogP contribution >= 0.6 is 11.3 Å². The molecular formula is C15H22N2O2S. The summed E-state index contributed by atoms with van der Waals surface area (Å²) in [5.41, 5.74) is 0. The second-order valence-electron chi connectivity index (χ2n) is 5.63. The van der Waals surface area contributed by atoms with E-state index in [1.807, 2.05) is 38.3 Å². The van der Waals surface area contributed by atoms with Gasteiger partial charge in [-0.05, 0) is 30.7 Å². The number of hydrogen-bond acceptors (Lipinski definition) is 3. The summed E-state index contributed by atoms with van der Waals surface area (Å²) in [4.78, 5) is 27.3. The summed E-state index contributed by atoms with van der Waals surface area (Å²) in [5, 5.41) is 5.04. The molecule has 1 fully saturated rings. The van der Waals surface area contributed by atoms with Gasteiger partial charge in [-0.1, -0.05) is 19.9 Å². The molecule has 0 saturated carbocycles. The van der Waals surface area contributed by atoms with Crippen molar-refractivity contribution in [2.75, 3.05) is 6.54 Å². The maximum absolute atomic E-state index is 12.5. The fraction of sp³-hybridized carbons (Fsp3) is 0.600. The number of nitrogens with zero attached hydrogens (tertiary/aromatic N) is 1. The van der Waals surface area contributed by atoms with E-state index in [9.17, 15) is 9.59 Å². The number of hydrogen-bond donors (Lipinski definition) is 1. The van der Waals surface area contributed by atoms with Gasteiger partial charge in [-0.2, -0.15) is 0 Å². The zero-order chi connectivity index (χ0) is 14.7. The van der Waals surface area contributed by atoms with Crippen LogP contribution in [0.1, 0.15) is 44.5 Å². The van der Waals surface area contributed by atoms with E-state index in [1.165, 1.54) is 0 Å². The van der Waals surface area contributed by atoms with Gasteiger partial charge in [0.25, 0.3) is 0 Å². The Bertz CT molecular complexity index is 470. The molecular weight excluding hydrogens is 272 g/mol. The van der Waals surface area contributed by atoms with Crippen LogP contribution in [0, 0.1) is 5.92 Å². The Morgan fingerprint density at radius 1 is 1.40 bits per heavy atom. The smallest absolute Gasteiger partial charge is 0.243 e. The number of amides is 2. The lowest BCUT2D eigenvalue weighted by molar-refractivity contribution is -0.139. The van der Waals surface area contributed by atoms with Crippen LogP contribution < -0.4 is 5.32 Å². The minimum Gasteiger partial charge on any atom is -0.347 e. The van der Waals surface area contributed by atoms with Gasteiger partial charge in [0.2, 0.25) is 11.8 Å². The van der Waals surface area contributed by atoms with Crippen molar-refractivity contribution in [3.8, 4) is 0 Å². The highest BCUT2D eigenvalue weighted by atomic mass is 32.1. The summed E-state index contributed by atoms with van der Waals surface area (Å²) in [7, 11) is 0. The van der Waals surface area contributed by atoms with Crippen molar-refractivity contribution in [3.63, 3.8) is 0 Å². The van der Waals surface area contributed by atoms with Gasteiger partial charge >= 0.3 is 0 Å². The number of likely N-dealkylation sites (tertiary alicyclic amines) is 1. The molecule has 1 saturated heterocycles. The third-order valence-corrected chi connectivity index (χ3v) is 4.73. The maximum atomic E-state index is 12.5. The minimum atomic E-state index is -0.354. The Kier molecular flexibility index (Phi) is 4.81. The second-order valence-corrected chi connectivity index (χ2v) is 6.60. The number of carbonyl (C=O) groups is 2. The molecule has 1 aliphatic rings. The average molecular weight is 294 g/mol. The first-order chi connectivity index (χ1) is 9.50. The highest BCUT2D eigenvalue weighted by Gasteiger charge is 2.35. The maximum Gasteiger partial charge on any atom is 0.243 e. The van der Waals surface area contributed by atoms with Crippen LogP contribution in [0.4, 0.5) is 0 Å². The van der Waals surface area contributed by atoms with E-state index in [4.69, 9.17) is 0 Å². The molecule has 0 radical (unpaired) electrons. The molecule has 1 aliphatic heterocycles. The van der Waals surface area contributed by atoms with Crippen molar-refractivity contribution in [2.24, 2.45) is 5.92 Å². The quantitative estimate of drug-likeness (QED) is 0.907. The zero-order valence-electron chi connectivity index (χ0n) is 12.3. The SMILES string of the molecule is CC(NC(=O)C(C(C)C)N1CCCC1=O)c1cccs1. The Balaban J connectivity index is 2.06. The van der Waals surface area contributed by atoms with E-state index in [-0.39, 0.29) is 29.8 Å². The Morgan fingerprint density at radius 2 is 2.15 bits per heavy atom. The summed E-state index contributed by atoms with van der Waals surface area (Å²) < 4.78 is 0. The predicted octanol–water partition coefficient (Wildman–Crippen LogP) is 2.57. The standard InChI is InChI=1S/C15H22N2O2S/c1-10(2)14(17-8-4-7-13(17)18)15(19)16-11(3)12-6-5-9-20-12/h5-6,9-11,14H,4,7-8H2,1-3H3,(H,16,19). The van der Waals surface area contributed by atoms with Crippen molar-refractivity contribution >= 4 is 23.2 Å². The first kappa shape index (κ1) is 15.0. The molecule has 20 heavy (non-hydrogen) atoms. The van der Waals surface area contributed by atoms with Gasteiger partial charge in [0.05, 0.1) is 6.04 Å². The third kappa shape index (κ3) is 3.20. The first-order valence-corrected chi connectivity index (χ1v) is 8.02.